The van der Waals surface area contributed by atoms with Gasteiger partial charge in [-0.15, -0.1) is 0 Å². The maximum absolute atomic E-state index is 12.7. The number of ether oxygens (including phenoxy) is 2. The second kappa shape index (κ2) is 10.3. The predicted octanol–water partition coefficient (Wildman–Crippen LogP) is 3.61. The molecular weight excluding hydrogens is 394 g/mol. The monoisotopic (exact) mass is 425 g/mol. The van der Waals surface area contributed by atoms with Gasteiger partial charge in [0.2, 0.25) is 11.8 Å². The van der Waals surface area contributed by atoms with Crippen LogP contribution in [0.2, 0.25) is 0 Å². The number of nitrogens with zero attached hydrogens (tertiary/aromatic N) is 1. The normalized spacial score (nSPS) is 14.7. The average molecular weight is 426 g/mol. The van der Waals surface area contributed by atoms with Gasteiger partial charge in [-0.1, -0.05) is 18.2 Å². The first-order valence-electron chi connectivity index (χ1n) is 10.5. The molecule has 2 amide bonds. The molecule has 0 saturated carbocycles. The third-order valence-electron chi connectivity index (χ3n) is 5.74. The molecule has 166 valence electrons. The smallest absolute Gasteiger partial charge is 0.238 e. The quantitative estimate of drug-likeness (QED) is 0.708. The number of benzene rings is 2. The molecule has 1 aliphatic heterocycles. The Hall–Kier alpha value is -3.06. The van der Waals surface area contributed by atoms with E-state index in [-0.39, 0.29) is 24.3 Å². The Labute approximate surface area is 183 Å². The number of piperidine rings is 1. The highest BCUT2D eigenvalue weighted by atomic mass is 16.5. The largest absolute Gasteiger partial charge is 0.497 e. The third kappa shape index (κ3) is 5.76. The Morgan fingerprint density at radius 1 is 1.00 bits per heavy atom. The molecule has 1 saturated heterocycles. The van der Waals surface area contributed by atoms with Crippen molar-refractivity contribution >= 4 is 23.2 Å². The van der Waals surface area contributed by atoms with Crippen molar-refractivity contribution in [2.24, 2.45) is 5.92 Å². The summed E-state index contributed by atoms with van der Waals surface area (Å²) < 4.78 is 10.5. The molecule has 7 nitrogen and oxygen atoms in total. The maximum Gasteiger partial charge on any atom is 0.238 e. The number of para-hydroxylation sites is 1. The molecule has 0 spiro atoms. The van der Waals surface area contributed by atoms with Crippen LogP contribution in [0, 0.1) is 19.8 Å². The summed E-state index contributed by atoms with van der Waals surface area (Å²) in [5.74, 6) is 1.12. The Morgan fingerprint density at radius 3 is 2.29 bits per heavy atom. The fourth-order valence-electron chi connectivity index (χ4n) is 3.88. The lowest BCUT2D eigenvalue weighted by molar-refractivity contribution is -0.121. The second-order valence-corrected chi connectivity index (χ2v) is 7.92. The molecule has 0 bridgehead atoms. The van der Waals surface area contributed by atoms with Crippen LogP contribution < -0.4 is 20.1 Å². The fraction of sp³-hybridized carbons (Fsp3) is 0.417. The minimum atomic E-state index is -0.109. The molecule has 7 heteroatoms. The van der Waals surface area contributed by atoms with E-state index in [1.807, 2.05) is 32.0 Å². The average Bonchev–Trinajstić information content (AvgIpc) is 2.77. The molecule has 0 unspecified atom stereocenters. The summed E-state index contributed by atoms with van der Waals surface area (Å²) in [6.07, 6.45) is 1.46. The van der Waals surface area contributed by atoms with Gasteiger partial charge in [0.25, 0.3) is 0 Å². The highest BCUT2D eigenvalue weighted by Crippen LogP contribution is 2.29. The van der Waals surface area contributed by atoms with Crippen molar-refractivity contribution in [1.82, 2.24) is 4.90 Å². The number of amides is 2. The van der Waals surface area contributed by atoms with Gasteiger partial charge in [-0.05, 0) is 63.0 Å². The van der Waals surface area contributed by atoms with Crippen molar-refractivity contribution in [3.05, 3.63) is 47.5 Å². The third-order valence-corrected chi connectivity index (χ3v) is 5.74. The van der Waals surface area contributed by atoms with Gasteiger partial charge in [-0.2, -0.15) is 0 Å². The van der Waals surface area contributed by atoms with Crippen molar-refractivity contribution in [2.45, 2.75) is 26.7 Å². The lowest BCUT2D eigenvalue weighted by atomic mass is 9.95. The first kappa shape index (κ1) is 22.6. The SMILES string of the molecule is COc1ccc(NC(=O)CN2CCC(C(=O)Nc3c(C)cccc3C)CC2)c(OC)c1. The van der Waals surface area contributed by atoms with Crippen LogP contribution in [0.1, 0.15) is 24.0 Å². The molecule has 0 aliphatic carbocycles. The summed E-state index contributed by atoms with van der Waals surface area (Å²) in [5, 5.41) is 6.00. The van der Waals surface area contributed by atoms with Crippen LogP contribution in [0.5, 0.6) is 11.5 Å². The fourth-order valence-corrected chi connectivity index (χ4v) is 3.88. The van der Waals surface area contributed by atoms with Crippen molar-refractivity contribution in [2.75, 3.05) is 44.5 Å². The summed E-state index contributed by atoms with van der Waals surface area (Å²) in [6.45, 7) is 5.69. The Kier molecular flexibility index (Phi) is 7.52. The molecule has 1 fully saturated rings. The van der Waals surface area contributed by atoms with Crippen molar-refractivity contribution in [1.29, 1.82) is 0 Å². The summed E-state index contributed by atoms with van der Waals surface area (Å²) >= 11 is 0. The number of methoxy groups -OCH3 is 2. The summed E-state index contributed by atoms with van der Waals surface area (Å²) in [7, 11) is 3.14. The van der Waals surface area contributed by atoms with Crippen LogP contribution >= 0.6 is 0 Å². The minimum absolute atomic E-state index is 0.0417. The molecule has 0 aromatic heterocycles. The van der Waals surface area contributed by atoms with Gasteiger partial charge in [0, 0.05) is 17.7 Å². The van der Waals surface area contributed by atoms with Crippen LogP contribution in [0.25, 0.3) is 0 Å². The second-order valence-electron chi connectivity index (χ2n) is 7.92. The van der Waals surface area contributed by atoms with E-state index in [0.717, 1.165) is 29.7 Å². The first-order chi connectivity index (χ1) is 14.9. The molecular formula is C24H31N3O4. The Bertz CT molecular complexity index is 916. The number of carbonyl (C=O) groups is 2. The van der Waals surface area contributed by atoms with Gasteiger partial charge >= 0.3 is 0 Å². The zero-order valence-corrected chi connectivity index (χ0v) is 18.7. The van der Waals surface area contributed by atoms with Gasteiger partial charge in [0.05, 0.1) is 26.5 Å². The summed E-state index contributed by atoms with van der Waals surface area (Å²) in [4.78, 5) is 27.3. The van der Waals surface area contributed by atoms with E-state index in [1.165, 1.54) is 0 Å². The predicted molar refractivity (Wildman–Crippen MR) is 122 cm³/mol. The Morgan fingerprint density at radius 2 is 1.68 bits per heavy atom. The number of nitrogens with one attached hydrogen (secondary N) is 2. The molecule has 1 heterocycles. The van der Waals surface area contributed by atoms with Crippen molar-refractivity contribution < 1.29 is 19.1 Å². The first-order valence-corrected chi connectivity index (χ1v) is 10.5. The number of likely N-dealkylation sites (tertiary alicyclic amines) is 1. The van der Waals surface area contributed by atoms with E-state index >= 15 is 0 Å². The topological polar surface area (TPSA) is 79.9 Å². The lowest BCUT2D eigenvalue weighted by Crippen LogP contribution is -2.41. The number of anilines is 2. The van der Waals surface area contributed by atoms with Gasteiger partial charge in [0.15, 0.2) is 0 Å². The van der Waals surface area contributed by atoms with Crippen LogP contribution in [-0.2, 0) is 9.59 Å². The zero-order chi connectivity index (χ0) is 22.4. The molecule has 3 rings (SSSR count). The van der Waals surface area contributed by atoms with E-state index in [9.17, 15) is 9.59 Å². The van der Waals surface area contributed by atoms with Crippen LogP contribution in [0.4, 0.5) is 11.4 Å². The molecule has 2 aromatic rings. The number of aryl methyl sites for hydroxylation is 2. The molecule has 31 heavy (non-hydrogen) atoms. The van der Waals surface area contributed by atoms with Gasteiger partial charge in [-0.3, -0.25) is 14.5 Å². The number of carbonyl (C=O) groups excluding carboxylic acids is 2. The zero-order valence-electron chi connectivity index (χ0n) is 18.7. The van der Waals surface area contributed by atoms with Crippen molar-refractivity contribution in [3.63, 3.8) is 0 Å². The summed E-state index contributed by atoms with van der Waals surface area (Å²) in [5.41, 5.74) is 3.65. The summed E-state index contributed by atoms with van der Waals surface area (Å²) in [6, 6.07) is 11.3. The van der Waals surface area contributed by atoms with E-state index in [0.29, 0.717) is 30.3 Å². The van der Waals surface area contributed by atoms with E-state index in [1.54, 1.807) is 32.4 Å². The molecule has 0 radical (unpaired) electrons. The van der Waals surface area contributed by atoms with Gasteiger partial charge < -0.3 is 20.1 Å². The highest BCUT2D eigenvalue weighted by molar-refractivity contribution is 5.95. The maximum atomic E-state index is 12.7. The highest BCUT2D eigenvalue weighted by Gasteiger charge is 2.26. The number of hydrogen-bond acceptors (Lipinski definition) is 5. The molecule has 2 aromatic carbocycles. The van der Waals surface area contributed by atoms with Crippen LogP contribution in [0.15, 0.2) is 36.4 Å². The lowest BCUT2D eigenvalue weighted by Gasteiger charge is -2.31. The van der Waals surface area contributed by atoms with Crippen molar-refractivity contribution in [3.8, 4) is 11.5 Å². The molecule has 0 atom stereocenters. The van der Waals surface area contributed by atoms with Gasteiger partial charge in [0.1, 0.15) is 11.5 Å². The standard InChI is InChI=1S/C24H31N3O4/c1-16-6-5-7-17(2)23(16)26-24(29)18-10-12-27(13-11-18)15-22(28)25-20-9-8-19(30-3)14-21(20)31-4/h5-9,14,18H,10-13,15H2,1-4H3,(H,25,28)(H,26,29). The minimum Gasteiger partial charge on any atom is -0.497 e. The number of rotatable bonds is 7. The molecule has 2 N–H and O–H groups in total. The van der Waals surface area contributed by atoms with Crippen LogP contribution in [0.3, 0.4) is 0 Å². The Balaban J connectivity index is 1.50. The van der Waals surface area contributed by atoms with Crippen LogP contribution in [-0.4, -0.2) is 50.6 Å². The van der Waals surface area contributed by atoms with E-state index < -0.39 is 0 Å². The van der Waals surface area contributed by atoms with E-state index in [2.05, 4.69) is 15.5 Å². The molecule has 1 aliphatic rings. The van der Waals surface area contributed by atoms with Gasteiger partial charge in [-0.25, -0.2) is 0 Å². The number of hydrogen-bond donors (Lipinski definition) is 2. The van der Waals surface area contributed by atoms with E-state index in [4.69, 9.17) is 9.47 Å².